The van der Waals surface area contributed by atoms with Crippen molar-refractivity contribution in [1.29, 1.82) is 0 Å². The second-order valence-corrected chi connectivity index (χ2v) is 5.38. The molecule has 0 aliphatic rings. The number of carbonyl (C=O) groups is 2. The van der Waals surface area contributed by atoms with Crippen LogP contribution in [0.2, 0.25) is 0 Å². The first-order chi connectivity index (χ1) is 13.0. The van der Waals surface area contributed by atoms with Crippen LogP contribution in [-0.2, 0) is 4.79 Å². The Labute approximate surface area is 156 Å². The Hall–Kier alpha value is -3.62. The number of urea groups is 1. The van der Waals surface area contributed by atoms with E-state index in [9.17, 15) is 9.59 Å². The number of aryl methyl sites for hydroxylation is 1. The zero-order valence-electron chi connectivity index (χ0n) is 15.3. The molecule has 142 valence electrons. The van der Waals surface area contributed by atoms with E-state index in [2.05, 4.69) is 26.1 Å². The maximum absolute atomic E-state index is 11.7. The molecule has 1 heterocycles. The number of nitrogens with one attached hydrogen (secondary N) is 3. The van der Waals surface area contributed by atoms with Gasteiger partial charge in [-0.25, -0.2) is 15.2 Å². The second kappa shape index (κ2) is 9.76. The summed E-state index contributed by atoms with van der Waals surface area (Å²) in [4.78, 5) is 27.6. The van der Waals surface area contributed by atoms with Gasteiger partial charge in [-0.3, -0.25) is 10.1 Å². The number of methoxy groups -OCH3 is 2. The lowest BCUT2D eigenvalue weighted by atomic mass is 10.2. The van der Waals surface area contributed by atoms with E-state index in [4.69, 9.17) is 9.47 Å². The second-order valence-electron chi connectivity index (χ2n) is 5.38. The number of benzene rings is 1. The molecule has 0 atom stereocenters. The summed E-state index contributed by atoms with van der Waals surface area (Å²) in [6, 6.07) is 9.91. The lowest BCUT2D eigenvalue weighted by Gasteiger charge is -2.07. The number of nitrogens with zero attached hydrogens (tertiary/aromatic N) is 2. The molecule has 2 rings (SSSR count). The van der Waals surface area contributed by atoms with Crippen LogP contribution >= 0.6 is 0 Å². The first kappa shape index (κ1) is 19.7. The van der Waals surface area contributed by atoms with Crippen molar-refractivity contribution >= 4 is 24.0 Å². The van der Waals surface area contributed by atoms with Crippen molar-refractivity contribution in [3.8, 4) is 11.5 Å². The minimum Gasteiger partial charge on any atom is -0.493 e. The summed E-state index contributed by atoms with van der Waals surface area (Å²) in [5.74, 6) is 1.08. The predicted octanol–water partition coefficient (Wildman–Crippen LogP) is 1.68. The first-order valence-corrected chi connectivity index (χ1v) is 8.04. The largest absolute Gasteiger partial charge is 0.493 e. The zero-order valence-corrected chi connectivity index (χ0v) is 15.3. The quantitative estimate of drug-likeness (QED) is 0.506. The van der Waals surface area contributed by atoms with E-state index in [1.54, 1.807) is 37.4 Å². The number of carbonyl (C=O) groups excluding carboxylic acids is 2. The van der Waals surface area contributed by atoms with Crippen molar-refractivity contribution in [3.63, 3.8) is 0 Å². The van der Waals surface area contributed by atoms with E-state index < -0.39 is 11.9 Å². The Morgan fingerprint density at radius 3 is 2.63 bits per heavy atom. The lowest BCUT2D eigenvalue weighted by Crippen LogP contribution is -2.37. The van der Waals surface area contributed by atoms with Crippen LogP contribution in [-0.4, -0.2) is 43.9 Å². The number of hydrogen-bond acceptors (Lipinski definition) is 6. The molecule has 3 amide bonds. The smallest absolute Gasteiger partial charge is 0.320 e. The monoisotopic (exact) mass is 371 g/mol. The number of amides is 3. The van der Waals surface area contributed by atoms with Gasteiger partial charge in [-0.2, -0.15) is 5.10 Å². The molecule has 9 nitrogen and oxygen atoms in total. The average molecular weight is 371 g/mol. The van der Waals surface area contributed by atoms with Gasteiger partial charge in [-0.15, -0.1) is 0 Å². The molecule has 0 fully saturated rings. The van der Waals surface area contributed by atoms with Gasteiger partial charge in [0.15, 0.2) is 11.5 Å². The van der Waals surface area contributed by atoms with E-state index in [1.807, 2.05) is 13.0 Å². The van der Waals surface area contributed by atoms with E-state index in [1.165, 1.54) is 13.3 Å². The molecule has 0 saturated heterocycles. The van der Waals surface area contributed by atoms with E-state index >= 15 is 0 Å². The van der Waals surface area contributed by atoms with Crippen molar-refractivity contribution in [3.05, 3.63) is 47.7 Å². The van der Waals surface area contributed by atoms with Gasteiger partial charge >= 0.3 is 6.03 Å². The summed E-state index contributed by atoms with van der Waals surface area (Å²) in [7, 11) is 3.08. The van der Waals surface area contributed by atoms with E-state index in [0.29, 0.717) is 22.9 Å². The zero-order chi connectivity index (χ0) is 19.6. The maximum Gasteiger partial charge on any atom is 0.320 e. The normalized spacial score (nSPS) is 10.3. The summed E-state index contributed by atoms with van der Waals surface area (Å²) >= 11 is 0. The Kier molecular flexibility index (Phi) is 7.12. The highest BCUT2D eigenvalue weighted by Crippen LogP contribution is 2.26. The SMILES string of the molecule is COc1ccc(/C=N/NC(=O)CNC(=O)Nc2cccc(C)n2)cc1OC. The van der Waals surface area contributed by atoms with E-state index in [0.717, 1.165) is 5.69 Å². The molecule has 1 aromatic carbocycles. The fourth-order valence-corrected chi connectivity index (χ4v) is 2.09. The van der Waals surface area contributed by atoms with Crippen molar-refractivity contribution < 1.29 is 19.1 Å². The maximum atomic E-state index is 11.7. The molecular formula is C18H21N5O4. The molecule has 0 saturated carbocycles. The molecule has 27 heavy (non-hydrogen) atoms. The van der Waals surface area contributed by atoms with Gasteiger partial charge in [0.1, 0.15) is 12.4 Å². The fraction of sp³-hybridized carbons (Fsp3) is 0.222. The Morgan fingerprint density at radius 1 is 1.15 bits per heavy atom. The first-order valence-electron chi connectivity index (χ1n) is 8.04. The topological polar surface area (TPSA) is 114 Å². The van der Waals surface area contributed by atoms with Gasteiger partial charge in [0, 0.05) is 5.69 Å². The summed E-state index contributed by atoms with van der Waals surface area (Å²) in [6.07, 6.45) is 1.45. The molecule has 0 radical (unpaired) electrons. The molecule has 9 heteroatoms. The molecule has 0 aliphatic heterocycles. The molecule has 0 aliphatic carbocycles. The molecular weight excluding hydrogens is 350 g/mol. The van der Waals surface area contributed by atoms with Crippen LogP contribution in [0.1, 0.15) is 11.3 Å². The van der Waals surface area contributed by atoms with Crippen molar-refractivity contribution in [2.75, 3.05) is 26.1 Å². The molecule has 0 bridgehead atoms. The lowest BCUT2D eigenvalue weighted by molar-refractivity contribution is -0.120. The summed E-state index contributed by atoms with van der Waals surface area (Å²) in [6.45, 7) is 1.58. The third-order valence-corrected chi connectivity index (χ3v) is 3.35. The number of rotatable bonds is 7. The van der Waals surface area contributed by atoms with Crippen LogP contribution in [0, 0.1) is 6.92 Å². The minimum absolute atomic E-state index is 0.235. The summed E-state index contributed by atoms with van der Waals surface area (Å²) in [5, 5.41) is 8.80. The van der Waals surface area contributed by atoms with Gasteiger partial charge in [0.25, 0.3) is 5.91 Å². The van der Waals surface area contributed by atoms with Gasteiger partial charge in [0.05, 0.1) is 20.4 Å². The van der Waals surface area contributed by atoms with Gasteiger partial charge in [0.2, 0.25) is 0 Å². The van der Waals surface area contributed by atoms with Crippen LogP contribution < -0.4 is 25.5 Å². The Morgan fingerprint density at radius 2 is 1.93 bits per heavy atom. The predicted molar refractivity (Wildman–Crippen MR) is 101 cm³/mol. The number of aromatic nitrogens is 1. The van der Waals surface area contributed by atoms with Gasteiger partial charge in [-0.1, -0.05) is 6.07 Å². The standard InChI is InChI=1S/C18H21N5O4/c1-12-5-4-6-16(21-12)22-18(25)19-11-17(24)23-20-10-13-7-8-14(26-2)15(9-13)27-3/h4-10H,11H2,1-3H3,(H,23,24)(H2,19,21,22,25)/b20-10+. The number of ether oxygens (including phenoxy) is 2. The van der Waals surface area contributed by atoms with Gasteiger partial charge < -0.3 is 14.8 Å². The molecule has 3 N–H and O–H groups in total. The molecule has 0 spiro atoms. The molecule has 2 aromatic rings. The summed E-state index contributed by atoms with van der Waals surface area (Å²) < 4.78 is 10.3. The van der Waals surface area contributed by atoms with Crippen LogP contribution in [0.15, 0.2) is 41.5 Å². The van der Waals surface area contributed by atoms with Crippen LogP contribution in [0.25, 0.3) is 0 Å². The summed E-state index contributed by atoms with van der Waals surface area (Å²) in [5.41, 5.74) is 3.81. The van der Waals surface area contributed by atoms with Crippen LogP contribution in [0.4, 0.5) is 10.6 Å². The fourth-order valence-electron chi connectivity index (χ4n) is 2.09. The number of hydrogen-bond donors (Lipinski definition) is 3. The third kappa shape index (κ3) is 6.31. The highest BCUT2D eigenvalue weighted by atomic mass is 16.5. The Bertz CT molecular complexity index is 838. The third-order valence-electron chi connectivity index (χ3n) is 3.35. The average Bonchev–Trinajstić information content (AvgIpc) is 2.66. The van der Waals surface area contributed by atoms with Gasteiger partial charge in [-0.05, 0) is 42.8 Å². The van der Waals surface area contributed by atoms with Crippen LogP contribution in [0.3, 0.4) is 0 Å². The van der Waals surface area contributed by atoms with Crippen molar-refractivity contribution in [2.45, 2.75) is 6.92 Å². The highest BCUT2D eigenvalue weighted by molar-refractivity contribution is 5.91. The number of anilines is 1. The van der Waals surface area contributed by atoms with E-state index in [-0.39, 0.29) is 6.54 Å². The number of hydrazone groups is 1. The van der Waals surface area contributed by atoms with Crippen molar-refractivity contribution in [2.24, 2.45) is 5.10 Å². The highest BCUT2D eigenvalue weighted by Gasteiger charge is 2.06. The Balaban J connectivity index is 1.78. The van der Waals surface area contributed by atoms with Crippen LogP contribution in [0.5, 0.6) is 11.5 Å². The van der Waals surface area contributed by atoms with Crippen molar-refractivity contribution in [1.82, 2.24) is 15.7 Å². The minimum atomic E-state index is -0.535. The number of pyridine rings is 1. The molecule has 1 aromatic heterocycles. The molecule has 0 unspecified atom stereocenters.